The molecule has 3 aromatic rings. The van der Waals surface area contributed by atoms with Gasteiger partial charge in [0, 0.05) is 17.4 Å². The van der Waals surface area contributed by atoms with Crippen LogP contribution in [-0.2, 0) is 9.53 Å². The van der Waals surface area contributed by atoms with Gasteiger partial charge in [-0.2, -0.15) is 5.26 Å². The number of methoxy groups -OCH3 is 2. The lowest BCUT2D eigenvalue weighted by Gasteiger charge is -2.39. The first-order chi connectivity index (χ1) is 18.9. The predicted octanol–water partition coefficient (Wildman–Crippen LogP) is 3.42. The van der Waals surface area contributed by atoms with Crippen molar-refractivity contribution < 1.29 is 38.4 Å². The summed E-state index contributed by atoms with van der Waals surface area (Å²) in [4.78, 5) is 26.6. The summed E-state index contributed by atoms with van der Waals surface area (Å²) in [5.41, 5.74) is 3.01. The maximum Gasteiger partial charge on any atom is 0.310 e. The monoisotopic (exact) mass is 528 g/mol. The van der Waals surface area contributed by atoms with E-state index in [1.807, 2.05) is 18.2 Å². The van der Waals surface area contributed by atoms with Gasteiger partial charge in [0.05, 0.1) is 44.4 Å². The maximum absolute atomic E-state index is 13.3. The van der Waals surface area contributed by atoms with Gasteiger partial charge in [-0.1, -0.05) is 0 Å². The first kappa shape index (κ1) is 24.4. The highest BCUT2D eigenvalue weighted by Gasteiger charge is 2.53. The molecule has 0 bridgehead atoms. The number of benzene rings is 3. The summed E-state index contributed by atoms with van der Waals surface area (Å²) in [5, 5.41) is 22.7. The number of hydrogen-bond acceptors (Lipinski definition) is 9. The summed E-state index contributed by atoms with van der Waals surface area (Å²) in [6.45, 7) is 0.166. The van der Waals surface area contributed by atoms with E-state index in [9.17, 15) is 14.7 Å². The number of phenolic OH excluding ortho intramolecular Hbond substituents is 1. The zero-order chi connectivity index (χ0) is 27.3. The summed E-state index contributed by atoms with van der Waals surface area (Å²) in [7, 11) is 2.87. The molecule has 2 aliphatic heterocycles. The topological polar surface area (TPSA) is 136 Å². The summed E-state index contributed by atoms with van der Waals surface area (Å²) in [5.74, 6) is -0.990. The maximum atomic E-state index is 13.3. The van der Waals surface area contributed by atoms with E-state index >= 15 is 0 Å². The van der Waals surface area contributed by atoms with Crippen LogP contribution < -0.4 is 24.3 Å². The standard InChI is InChI=1S/C29H24N2O8/c1-35-22-7-16(8-23(36-2)27(22)32)24-17-9-20-21(39-13-38-20)10-18(17)26(19-12-37-29(34)25(19)24)31-28(33)15-5-3-14(11-30)4-6-15/h3-10,19,24-26,32H,12-13H2,1-2H3,(H,31,33)/t19?,24-,25+,26-/m1/s1. The van der Waals surface area contributed by atoms with Gasteiger partial charge in [-0.3, -0.25) is 9.59 Å². The minimum Gasteiger partial charge on any atom is -0.502 e. The number of carbonyl (C=O) groups is 2. The number of hydrogen-bond donors (Lipinski definition) is 2. The molecular formula is C29H24N2O8. The van der Waals surface area contributed by atoms with Gasteiger partial charge in [0.1, 0.15) is 0 Å². The zero-order valence-corrected chi connectivity index (χ0v) is 21.1. The fourth-order valence-corrected chi connectivity index (χ4v) is 5.76. The van der Waals surface area contributed by atoms with Crippen LogP contribution in [0.5, 0.6) is 28.7 Å². The molecule has 3 aliphatic rings. The van der Waals surface area contributed by atoms with Gasteiger partial charge in [0.15, 0.2) is 23.0 Å². The van der Waals surface area contributed by atoms with Crippen molar-refractivity contribution in [3.05, 3.63) is 76.3 Å². The summed E-state index contributed by atoms with van der Waals surface area (Å²) in [6, 6.07) is 14.8. The Morgan fingerprint density at radius 3 is 2.26 bits per heavy atom. The lowest BCUT2D eigenvalue weighted by Crippen LogP contribution is -2.42. The van der Waals surface area contributed by atoms with Crippen molar-refractivity contribution in [1.82, 2.24) is 5.32 Å². The highest BCUT2D eigenvalue weighted by Crippen LogP contribution is 2.55. The molecule has 0 aromatic heterocycles. The van der Waals surface area contributed by atoms with Crippen molar-refractivity contribution >= 4 is 11.9 Å². The quantitative estimate of drug-likeness (QED) is 0.477. The van der Waals surface area contributed by atoms with Gasteiger partial charge in [-0.25, -0.2) is 0 Å². The van der Waals surface area contributed by atoms with Crippen LogP contribution in [0.25, 0.3) is 0 Å². The van der Waals surface area contributed by atoms with Crippen molar-refractivity contribution in [3.63, 3.8) is 0 Å². The molecule has 1 aliphatic carbocycles. The molecule has 10 heteroatoms. The molecule has 1 fully saturated rings. The lowest BCUT2D eigenvalue weighted by atomic mass is 9.65. The van der Waals surface area contributed by atoms with Gasteiger partial charge in [0.25, 0.3) is 5.91 Å². The normalized spacial score (nSPS) is 22.2. The lowest BCUT2D eigenvalue weighted by molar-refractivity contribution is -0.141. The SMILES string of the molecule is COc1cc([C@@H]2c3cc4c(cc3[C@@H](NC(=O)c3ccc(C#N)cc3)C3COC(=O)[C@@H]32)OCO4)cc(OC)c1O. The van der Waals surface area contributed by atoms with Crippen molar-refractivity contribution in [2.75, 3.05) is 27.6 Å². The highest BCUT2D eigenvalue weighted by atomic mass is 16.7. The van der Waals surface area contributed by atoms with Gasteiger partial charge >= 0.3 is 5.97 Å². The molecule has 2 N–H and O–H groups in total. The van der Waals surface area contributed by atoms with Crippen molar-refractivity contribution in [3.8, 4) is 34.8 Å². The van der Waals surface area contributed by atoms with Crippen molar-refractivity contribution in [2.45, 2.75) is 12.0 Å². The number of ether oxygens (including phenoxy) is 5. The number of nitriles is 1. The molecule has 3 aromatic carbocycles. The van der Waals surface area contributed by atoms with Crippen LogP contribution in [0.2, 0.25) is 0 Å². The van der Waals surface area contributed by atoms with E-state index in [0.29, 0.717) is 28.2 Å². The van der Waals surface area contributed by atoms with Crippen LogP contribution in [0.1, 0.15) is 44.6 Å². The molecule has 4 atom stereocenters. The van der Waals surface area contributed by atoms with Crippen LogP contribution in [0.3, 0.4) is 0 Å². The molecule has 0 radical (unpaired) electrons. The second-order valence-corrected chi connectivity index (χ2v) is 9.55. The van der Waals surface area contributed by atoms with Crippen molar-refractivity contribution in [1.29, 1.82) is 5.26 Å². The van der Waals surface area contributed by atoms with Crippen molar-refractivity contribution in [2.24, 2.45) is 11.8 Å². The van der Waals surface area contributed by atoms with E-state index < -0.39 is 29.8 Å². The molecule has 39 heavy (non-hydrogen) atoms. The number of esters is 1. The predicted molar refractivity (Wildman–Crippen MR) is 135 cm³/mol. The number of cyclic esters (lactones) is 1. The third-order valence-corrected chi connectivity index (χ3v) is 7.61. The molecule has 0 saturated carbocycles. The van der Waals surface area contributed by atoms with Crippen LogP contribution in [0.15, 0.2) is 48.5 Å². The highest BCUT2D eigenvalue weighted by molar-refractivity contribution is 5.95. The van der Waals surface area contributed by atoms with Gasteiger partial charge in [0.2, 0.25) is 12.5 Å². The molecular weight excluding hydrogens is 504 g/mol. The van der Waals surface area contributed by atoms with E-state index in [4.69, 9.17) is 28.9 Å². The number of rotatable bonds is 5. The second kappa shape index (κ2) is 9.44. The molecule has 6 rings (SSSR count). The second-order valence-electron chi connectivity index (χ2n) is 9.55. The minimum atomic E-state index is -0.650. The average molecular weight is 529 g/mol. The van der Waals surface area contributed by atoms with Crippen LogP contribution in [0, 0.1) is 23.2 Å². The number of aromatic hydroxyl groups is 1. The van der Waals surface area contributed by atoms with E-state index in [-0.39, 0.29) is 36.6 Å². The number of nitrogens with zero attached hydrogens (tertiary/aromatic N) is 1. The molecule has 0 spiro atoms. The molecule has 2 heterocycles. The van der Waals surface area contributed by atoms with E-state index in [2.05, 4.69) is 5.32 Å². The van der Waals surface area contributed by atoms with Crippen LogP contribution in [0.4, 0.5) is 0 Å². The number of fused-ring (bicyclic) bond motifs is 3. The van der Waals surface area contributed by atoms with E-state index in [1.165, 1.54) is 14.2 Å². The Labute approximate surface area is 223 Å². The van der Waals surface area contributed by atoms with E-state index in [1.54, 1.807) is 36.4 Å². The molecule has 198 valence electrons. The first-order valence-corrected chi connectivity index (χ1v) is 12.3. The van der Waals surface area contributed by atoms with Gasteiger partial charge in [-0.15, -0.1) is 0 Å². The van der Waals surface area contributed by atoms with Crippen LogP contribution >= 0.6 is 0 Å². The Bertz CT molecular complexity index is 1500. The fraction of sp³-hybridized carbons (Fsp3) is 0.276. The molecule has 10 nitrogen and oxygen atoms in total. The van der Waals surface area contributed by atoms with Gasteiger partial charge in [-0.05, 0) is 65.2 Å². The number of nitrogens with one attached hydrogen (secondary N) is 1. The van der Waals surface area contributed by atoms with Gasteiger partial charge < -0.3 is 34.1 Å². The summed E-state index contributed by atoms with van der Waals surface area (Å²) in [6.07, 6.45) is 0. The zero-order valence-electron chi connectivity index (χ0n) is 21.1. The molecule has 1 amide bonds. The summed E-state index contributed by atoms with van der Waals surface area (Å²) >= 11 is 0. The number of phenols is 1. The smallest absolute Gasteiger partial charge is 0.310 e. The third-order valence-electron chi connectivity index (χ3n) is 7.61. The van der Waals surface area contributed by atoms with E-state index in [0.717, 1.165) is 11.1 Å². The Morgan fingerprint density at radius 1 is 1.00 bits per heavy atom. The minimum absolute atomic E-state index is 0.0565. The first-order valence-electron chi connectivity index (χ1n) is 12.3. The Kier molecular flexibility index (Phi) is 5.91. The number of carbonyl (C=O) groups excluding carboxylic acids is 2. The Hall–Kier alpha value is -4.91. The summed E-state index contributed by atoms with van der Waals surface area (Å²) < 4.78 is 27.7. The Balaban J connectivity index is 1.49. The Morgan fingerprint density at radius 2 is 1.64 bits per heavy atom. The number of amides is 1. The largest absolute Gasteiger partial charge is 0.502 e. The molecule has 1 unspecified atom stereocenters. The fourth-order valence-electron chi connectivity index (χ4n) is 5.76. The molecule has 1 saturated heterocycles. The average Bonchev–Trinajstić information content (AvgIpc) is 3.58. The van der Waals surface area contributed by atoms with Crippen LogP contribution in [-0.4, -0.2) is 44.6 Å². The third kappa shape index (κ3) is 3.94.